The molecule has 23 heavy (non-hydrogen) atoms. The third-order valence-corrected chi connectivity index (χ3v) is 2.88. The van der Waals surface area contributed by atoms with Gasteiger partial charge in [-0.15, -0.1) is 10.2 Å². The Labute approximate surface area is 133 Å². The van der Waals surface area contributed by atoms with Crippen LogP contribution in [0.2, 0.25) is 0 Å². The minimum absolute atomic E-state index is 0.236. The van der Waals surface area contributed by atoms with Gasteiger partial charge in [-0.3, -0.25) is 10.2 Å². The fourth-order valence-electron chi connectivity index (χ4n) is 1.82. The van der Waals surface area contributed by atoms with E-state index in [-0.39, 0.29) is 5.91 Å². The molecule has 9 heteroatoms. The number of rotatable bonds is 6. The first-order chi connectivity index (χ1) is 11.0. The van der Waals surface area contributed by atoms with Crippen LogP contribution < -0.4 is 20.3 Å². The van der Waals surface area contributed by atoms with Gasteiger partial charge in [-0.05, 0) is 30.7 Å². The fourth-order valence-corrected chi connectivity index (χ4v) is 1.82. The smallest absolute Gasteiger partial charge is 0.264 e. The minimum Gasteiger partial charge on any atom is -0.493 e. The summed E-state index contributed by atoms with van der Waals surface area (Å²) in [4.78, 5) is 11.2. The van der Waals surface area contributed by atoms with E-state index in [1.807, 2.05) is 6.07 Å². The lowest BCUT2D eigenvalue weighted by atomic mass is 10.2. The second-order valence-corrected chi connectivity index (χ2v) is 4.56. The molecule has 1 heterocycles. The molecule has 0 atom stereocenters. The molecule has 0 aliphatic carbocycles. The van der Waals surface area contributed by atoms with Crippen LogP contribution in [0.5, 0.6) is 11.5 Å². The molecule has 1 aromatic carbocycles. The van der Waals surface area contributed by atoms with Crippen LogP contribution in [0, 0.1) is 6.92 Å². The highest BCUT2D eigenvalue weighted by molar-refractivity contribution is 5.82. The summed E-state index contributed by atoms with van der Waals surface area (Å²) >= 11 is 0. The van der Waals surface area contributed by atoms with Crippen LogP contribution in [0.3, 0.4) is 0 Å². The van der Waals surface area contributed by atoms with Crippen molar-refractivity contribution in [2.45, 2.75) is 13.8 Å². The lowest BCUT2D eigenvalue weighted by molar-refractivity contribution is -0.115. The number of nitrogens with one attached hydrogen (secondary N) is 2. The Hall–Kier alpha value is -3.10. The number of nitrogens with zero attached hydrogens (tertiary/aromatic N) is 4. The molecule has 2 aromatic rings. The molecule has 0 spiro atoms. The Bertz CT molecular complexity index is 725. The number of ether oxygens (including phenoxy) is 2. The number of carbonyl (C=O) groups is 1. The number of hydrogen-bond donors (Lipinski definition) is 2. The van der Waals surface area contributed by atoms with Gasteiger partial charge in [-0.1, -0.05) is 0 Å². The van der Waals surface area contributed by atoms with E-state index in [9.17, 15) is 4.79 Å². The molecule has 0 saturated carbocycles. The van der Waals surface area contributed by atoms with Crippen LogP contribution in [0.15, 0.2) is 23.3 Å². The maximum atomic E-state index is 11.2. The number of carbonyl (C=O) groups excluding carboxylic acids is 1. The van der Waals surface area contributed by atoms with E-state index in [0.717, 1.165) is 5.56 Å². The number of hydrogen-bond acceptors (Lipinski definition) is 7. The first kappa shape index (κ1) is 16.3. The quantitative estimate of drug-likeness (QED) is 0.611. The van der Waals surface area contributed by atoms with Gasteiger partial charge in [0.25, 0.3) is 5.95 Å². The van der Waals surface area contributed by atoms with E-state index in [1.54, 1.807) is 39.5 Å². The Morgan fingerprint density at radius 1 is 1.26 bits per heavy atom. The second kappa shape index (κ2) is 7.25. The molecular weight excluding hydrogens is 300 g/mol. The average Bonchev–Trinajstić information content (AvgIpc) is 2.87. The molecule has 1 aromatic heterocycles. The highest BCUT2D eigenvalue weighted by Crippen LogP contribution is 2.26. The zero-order valence-corrected chi connectivity index (χ0v) is 13.3. The molecule has 0 saturated heterocycles. The number of hydrazone groups is 1. The highest BCUT2D eigenvalue weighted by atomic mass is 16.5. The standard InChI is InChI=1S/C14H18N6O3/c1-9-16-18-14(20(9)19-10(2)21)17-15-8-11-5-6-12(22-3)13(7-11)23-4/h5-8H,1-4H3,(H,17,18)(H,19,21)/b15-8+. The van der Waals surface area contributed by atoms with Gasteiger partial charge < -0.3 is 9.47 Å². The largest absolute Gasteiger partial charge is 0.493 e. The molecular formula is C14H18N6O3. The van der Waals surface area contributed by atoms with Gasteiger partial charge in [0.15, 0.2) is 17.3 Å². The van der Waals surface area contributed by atoms with E-state index in [0.29, 0.717) is 23.3 Å². The van der Waals surface area contributed by atoms with E-state index < -0.39 is 0 Å². The van der Waals surface area contributed by atoms with Crippen molar-refractivity contribution in [3.8, 4) is 11.5 Å². The number of methoxy groups -OCH3 is 2. The summed E-state index contributed by atoms with van der Waals surface area (Å²) in [5, 5.41) is 11.8. The lowest BCUT2D eigenvalue weighted by Gasteiger charge is -2.08. The van der Waals surface area contributed by atoms with Gasteiger partial charge in [0.1, 0.15) is 0 Å². The Balaban J connectivity index is 2.12. The van der Waals surface area contributed by atoms with Crippen molar-refractivity contribution in [3.63, 3.8) is 0 Å². The maximum Gasteiger partial charge on any atom is 0.264 e. The molecule has 0 fully saturated rings. The molecule has 1 amide bonds. The number of aryl methyl sites for hydroxylation is 1. The summed E-state index contributed by atoms with van der Waals surface area (Å²) in [7, 11) is 3.14. The highest BCUT2D eigenvalue weighted by Gasteiger charge is 2.08. The van der Waals surface area contributed by atoms with Crippen LogP contribution in [-0.2, 0) is 4.79 Å². The van der Waals surface area contributed by atoms with Gasteiger partial charge in [-0.2, -0.15) is 5.10 Å². The zero-order valence-electron chi connectivity index (χ0n) is 13.3. The van der Waals surface area contributed by atoms with Gasteiger partial charge in [0, 0.05) is 6.92 Å². The van der Waals surface area contributed by atoms with Crippen molar-refractivity contribution >= 4 is 18.1 Å². The van der Waals surface area contributed by atoms with E-state index in [2.05, 4.69) is 26.2 Å². The maximum absolute atomic E-state index is 11.2. The molecule has 2 rings (SSSR count). The predicted molar refractivity (Wildman–Crippen MR) is 85.6 cm³/mol. The van der Waals surface area contributed by atoms with E-state index >= 15 is 0 Å². The van der Waals surface area contributed by atoms with E-state index in [4.69, 9.17) is 9.47 Å². The molecule has 0 aliphatic rings. The van der Waals surface area contributed by atoms with Crippen LogP contribution in [0.25, 0.3) is 0 Å². The minimum atomic E-state index is -0.236. The monoisotopic (exact) mass is 318 g/mol. The summed E-state index contributed by atoms with van der Waals surface area (Å²) in [6.07, 6.45) is 1.59. The third kappa shape index (κ3) is 3.96. The molecule has 9 nitrogen and oxygen atoms in total. The third-order valence-electron chi connectivity index (χ3n) is 2.88. The summed E-state index contributed by atoms with van der Waals surface area (Å²) in [6.45, 7) is 3.11. The van der Waals surface area contributed by atoms with Crippen molar-refractivity contribution in [2.24, 2.45) is 5.10 Å². The Morgan fingerprint density at radius 3 is 2.65 bits per heavy atom. The summed E-state index contributed by atoms with van der Waals surface area (Å²) in [5.74, 6) is 1.84. The van der Waals surface area contributed by atoms with Crippen LogP contribution in [-0.4, -0.2) is 41.2 Å². The fraction of sp³-hybridized carbons (Fsp3) is 0.286. The molecule has 0 aliphatic heterocycles. The van der Waals surface area contributed by atoms with Crippen molar-refractivity contribution < 1.29 is 14.3 Å². The molecule has 0 unspecified atom stereocenters. The topological polar surface area (TPSA) is 103 Å². The van der Waals surface area contributed by atoms with Crippen LogP contribution >= 0.6 is 0 Å². The molecule has 122 valence electrons. The van der Waals surface area contributed by atoms with Crippen molar-refractivity contribution in [2.75, 3.05) is 25.1 Å². The predicted octanol–water partition coefficient (Wildman–Crippen LogP) is 1.14. The molecule has 0 radical (unpaired) electrons. The first-order valence-electron chi connectivity index (χ1n) is 6.76. The molecule has 2 N–H and O–H groups in total. The van der Waals surface area contributed by atoms with Crippen LogP contribution in [0.4, 0.5) is 5.95 Å². The van der Waals surface area contributed by atoms with Crippen molar-refractivity contribution in [3.05, 3.63) is 29.6 Å². The van der Waals surface area contributed by atoms with E-state index in [1.165, 1.54) is 11.6 Å². The van der Waals surface area contributed by atoms with Gasteiger partial charge in [0.05, 0.1) is 20.4 Å². The summed E-state index contributed by atoms with van der Waals surface area (Å²) < 4.78 is 11.8. The number of aromatic nitrogens is 3. The van der Waals surface area contributed by atoms with Crippen LogP contribution in [0.1, 0.15) is 18.3 Å². The second-order valence-electron chi connectivity index (χ2n) is 4.56. The number of amides is 1. The number of anilines is 1. The zero-order chi connectivity index (χ0) is 16.8. The normalized spacial score (nSPS) is 10.6. The average molecular weight is 318 g/mol. The van der Waals surface area contributed by atoms with Crippen molar-refractivity contribution in [1.82, 2.24) is 14.9 Å². The Kier molecular flexibility index (Phi) is 5.13. The molecule has 0 bridgehead atoms. The number of benzene rings is 1. The van der Waals surface area contributed by atoms with Crippen molar-refractivity contribution in [1.29, 1.82) is 0 Å². The van der Waals surface area contributed by atoms with Gasteiger partial charge >= 0.3 is 0 Å². The van der Waals surface area contributed by atoms with Gasteiger partial charge in [-0.25, -0.2) is 10.1 Å². The summed E-state index contributed by atoms with van der Waals surface area (Å²) in [6, 6.07) is 5.40. The summed E-state index contributed by atoms with van der Waals surface area (Å²) in [5.41, 5.74) is 6.11. The van der Waals surface area contributed by atoms with Gasteiger partial charge in [0.2, 0.25) is 5.91 Å². The Morgan fingerprint density at radius 2 is 2.00 bits per heavy atom. The lowest BCUT2D eigenvalue weighted by Crippen LogP contribution is -2.22. The first-order valence-corrected chi connectivity index (χ1v) is 6.76. The SMILES string of the molecule is COc1ccc(/C=N/Nc2nnc(C)n2NC(C)=O)cc1OC.